The van der Waals surface area contributed by atoms with Crippen LogP contribution < -0.4 is 5.32 Å². The number of ether oxygens (including phenoxy) is 2. The zero-order valence-electron chi connectivity index (χ0n) is 22.2. The van der Waals surface area contributed by atoms with Gasteiger partial charge in [0, 0.05) is 23.2 Å². The molecule has 0 saturated heterocycles. The maximum absolute atomic E-state index is 14.9. The Balaban J connectivity index is 1.55. The molecule has 2 aliphatic rings. The molecule has 5 rings (SSSR count). The number of hydrogen-bond donors (Lipinski definition) is 1. The van der Waals surface area contributed by atoms with E-state index in [0.717, 1.165) is 19.4 Å². The van der Waals surface area contributed by atoms with E-state index in [4.69, 9.17) is 20.8 Å². The normalized spacial score (nSPS) is 20.5. The van der Waals surface area contributed by atoms with Gasteiger partial charge >= 0.3 is 11.9 Å². The molecule has 2 aromatic heterocycles. The molecule has 1 aliphatic heterocycles. The average Bonchev–Trinajstić information content (AvgIpc) is 3.49. The highest BCUT2D eigenvalue weighted by Crippen LogP contribution is 2.44. The number of allylic oxidation sites excluding steroid dienone is 1. The molecular weight excluding hydrogens is 584 g/mol. The van der Waals surface area contributed by atoms with Gasteiger partial charge in [0.2, 0.25) is 0 Å². The lowest BCUT2D eigenvalue weighted by molar-refractivity contribution is -0.136. The third-order valence-corrected chi connectivity index (χ3v) is 7.66. The van der Waals surface area contributed by atoms with E-state index in [0.29, 0.717) is 43.3 Å². The van der Waals surface area contributed by atoms with Crippen LogP contribution in [0.3, 0.4) is 0 Å². The van der Waals surface area contributed by atoms with Crippen LogP contribution in [0.15, 0.2) is 51.3 Å². The maximum Gasteiger partial charge on any atom is 0.360 e. The van der Waals surface area contributed by atoms with Crippen LogP contribution in [0.25, 0.3) is 0 Å². The van der Waals surface area contributed by atoms with E-state index in [1.165, 1.54) is 19.4 Å². The van der Waals surface area contributed by atoms with Crippen LogP contribution in [-0.2, 0) is 14.3 Å². The number of amidine groups is 1. The quantitative estimate of drug-likeness (QED) is 0.220. The van der Waals surface area contributed by atoms with Crippen molar-refractivity contribution in [3.05, 3.63) is 93.1 Å². The largest absolute Gasteiger partial charge is 0.466 e. The molecule has 220 valence electrons. The topological polar surface area (TPSA) is 116 Å². The van der Waals surface area contributed by atoms with Crippen molar-refractivity contribution in [1.29, 1.82) is 0 Å². The lowest BCUT2D eigenvalue weighted by Gasteiger charge is -2.34. The number of methoxy groups -OCH3 is 2. The zero-order chi connectivity index (χ0) is 30.1. The number of hydrogen-bond acceptors (Lipinski definition) is 9. The minimum atomic E-state index is -1.35. The molecule has 1 atom stereocenters. The van der Waals surface area contributed by atoms with Gasteiger partial charge in [-0.05, 0) is 37.7 Å². The molecule has 0 amide bonds. The van der Waals surface area contributed by atoms with Gasteiger partial charge in [0.05, 0.1) is 31.0 Å². The van der Waals surface area contributed by atoms with Gasteiger partial charge in [0.1, 0.15) is 23.8 Å². The van der Waals surface area contributed by atoms with Gasteiger partial charge in [-0.25, -0.2) is 37.1 Å². The molecule has 1 N–H and O–H groups in total. The Morgan fingerprint density at radius 3 is 2.36 bits per heavy atom. The summed E-state index contributed by atoms with van der Waals surface area (Å²) >= 11 is 6.18. The van der Waals surface area contributed by atoms with Crippen LogP contribution in [0.5, 0.6) is 0 Å². The standard InChI is InChI=1S/C28H23ClF4N4O5/c1-40-27(38)18-11-42-26(35-18)13-5-3-12(4-6-13)22-19(28(39)41-2)23(15-7-8-16(31)21(33)20(15)29)37-25(36-22)24-17(32)9-14(30)10-34-24/h7-13,23H,3-6H2,1-2H3,(H,36,37). The number of carbonyl (C=O) groups excluding carboxylic acids is 2. The van der Waals surface area contributed by atoms with Crippen LogP contribution in [0.2, 0.25) is 5.02 Å². The molecule has 9 nitrogen and oxygen atoms in total. The third kappa shape index (κ3) is 5.48. The fourth-order valence-electron chi connectivity index (χ4n) is 5.21. The Bertz CT molecular complexity index is 1620. The summed E-state index contributed by atoms with van der Waals surface area (Å²) in [6.07, 6.45) is 4.00. The van der Waals surface area contributed by atoms with Crippen LogP contribution in [0.1, 0.15) is 65.3 Å². The van der Waals surface area contributed by atoms with Gasteiger partial charge in [-0.15, -0.1) is 0 Å². The second-order valence-corrected chi connectivity index (χ2v) is 10.1. The van der Waals surface area contributed by atoms with Crippen molar-refractivity contribution in [1.82, 2.24) is 15.3 Å². The SMILES string of the molecule is COC(=O)C1=C(C2CCC(c3nc(C(=O)OC)co3)CC2)NC(c2ncc(F)cc2F)=NC1c1ccc(F)c(F)c1Cl. The van der Waals surface area contributed by atoms with Crippen molar-refractivity contribution in [2.45, 2.75) is 37.6 Å². The first-order valence-corrected chi connectivity index (χ1v) is 13.2. The predicted molar refractivity (Wildman–Crippen MR) is 140 cm³/mol. The number of nitrogens with one attached hydrogen (secondary N) is 1. The lowest BCUT2D eigenvalue weighted by atomic mass is 9.78. The Labute approximate surface area is 241 Å². The fourth-order valence-corrected chi connectivity index (χ4v) is 5.47. The molecule has 1 aromatic carbocycles. The van der Waals surface area contributed by atoms with Crippen LogP contribution in [0, 0.1) is 29.2 Å². The van der Waals surface area contributed by atoms with E-state index in [9.17, 15) is 27.2 Å². The molecule has 1 unspecified atom stereocenters. The first-order valence-electron chi connectivity index (χ1n) is 12.8. The second-order valence-electron chi connectivity index (χ2n) is 9.68. The number of benzene rings is 1. The summed E-state index contributed by atoms with van der Waals surface area (Å²) in [7, 11) is 2.38. The van der Waals surface area contributed by atoms with Crippen molar-refractivity contribution in [2.24, 2.45) is 10.9 Å². The van der Waals surface area contributed by atoms with Gasteiger partial charge < -0.3 is 19.2 Å². The molecule has 1 aliphatic carbocycles. The summed E-state index contributed by atoms with van der Waals surface area (Å²) in [6.45, 7) is 0. The first kappa shape index (κ1) is 29.2. The summed E-state index contributed by atoms with van der Waals surface area (Å²) in [5.74, 6) is -6.28. The molecule has 1 saturated carbocycles. The number of rotatable bonds is 6. The summed E-state index contributed by atoms with van der Waals surface area (Å²) in [5, 5.41) is 2.37. The number of halogens is 5. The smallest absolute Gasteiger partial charge is 0.360 e. The van der Waals surface area contributed by atoms with E-state index < -0.39 is 46.3 Å². The highest BCUT2D eigenvalue weighted by Gasteiger charge is 2.39. The summed E-state index contributed by atoms with van der Waals surface area (Å²) in [6, 6.07) is 1.29. The fraction of sp³-hybridized carbons (Fsp3) is 0.321. The van der Waals surface area contributed by atoms with Gasteiger partial charge in [-0.2, -0.15) is 0 Å². The summed E-state index contributed by atoms with van der Waals surface area (Å²) in [4.78, 5) is 37.4. The Morgan fingerprint density at radius 1 is 1.00 bits per heavy atom. The number of pyridine rings is 1. The average molecular weight is 607 g/mol. The molecular formula is C28H23ClF4N4O5. The van der Waals surface area contributed by atoms with Gasteiger partial charge in [-0.1, -0.05) is 17.7 Å². The monoisotopic (exact) mass is 606 g/mol. The highest BCUT2D eigenvalue weighted by atomic mass is 35.5. The van der Waals surface area contributed by atoms with Gasteiger partial charge in [-0.3, -0.25) is 4.99 Å². The minimum absolute atomic E-state index is 0.0378. The summed E-state index contributed by atoms with van der Waals surface area (Å²) < 4.78 is 72.2. The number of oxazole rings is 1. The van der Waals surface area contributed by atoms with Crippen LogP contribution in [-0.4, -0.2) is 42.0 Å². The Morgan fingerprint density at radius 2 is 1.69 bits per heavy atom. The number of esters is 2. The van der Waals surface area contributed by atoms with Crippen LogP contribution in [0.4, 0.5) is 17.6 Å². The van der Waals surface area contributed by atoms with E-state index in [-0.39, 0.29) is 40.2 Å². The predicted octanol–water partition coefficient (Wildman–Crippen LogP) is 5.56. The molecule has 1 fully saturated rings. The summed E-state index contributed by atoms with van der Waals surface area (Å²) in [5.41, 5.74) is -0.127. The Hall–Kier alpha value is -4.26. The number of nitrogens with zero attached hydrogens (tertiary/aromatic N) is 3. The molecule has 0 radical (unpaired) electrons. The van der Waals surface area contributed by atoms with E-state index in [1.54, 1.807) is 0 Å². The molecule has 0 bridgehead atoms. The highest BCUT2D eigenvalue weighted by molar-refractivity contribution is 6.31. The van der Waals surface area contributed by atoms with E-state index >= 15 is 0 Å². The van der Waals surface area contributed by atoms with Crippen molar-refractivity contribution in [3.63, 3.8) is 0 Å². The molecule has 3 heterocycles. The molecule has 14 heteroatoms. The van der Waals surface area contributed by atoms with Gasteiger partial charge in [0.25, 0.3) is 0 Å². The van der Waals surface area contributed by atoms with Crippen molar-refractivity contribution in [3.8, 4) is 0 Å². The van der Waals surface area contributed by atoms with E-state index in [1.807, 2.05) is 0 Å². The minimum Gasteiger partial charge on any atom is -0.466 e. The Kier molecular flexibility index (Phi) is 8.30. The maximum atomic E-state index is 14.9. The zero-order valence-corrected chi connectivity index (χ0v) is 23.0. The molecule has 3 aromatic rings. The van der Waals surface area contributed by atoms with E-state index in [2.05, 4.69) is 25.0 Å². The van der Waals surface area contributed by atoms with Gasteiger partial charge in [0.15, 0.2) is 34.9 Å². The first-order chi connectivity index (χ1) is 20.1. The lowest BCUT2D eigenvalue weighted by Crippen LogP contribution is -2.38. The number of carbonyl (C=O) groups is 2. The number of aromatic nitrogens is 2. The van der Waals surface area contributed by atoms with Crippen molar-refractivity contribution in [2.75, 3.05) is 14.2 Å². The van der Waals surface area contributed by atoms with Crippen LogP contribution >= 0.6 is 11.6 Å². The second kappa shape index (κ2) is 11.9. The molecule has 42 heavy (non-hydrogen) atoms. The van der Waals surface area contributed by atoms with Crippen molar-refractivity contribution >= 4 is 29.4 Å². The third-order valence-electron chi connectivity index (χ3n) is 7.27. The molecule has 0 spiro atoms. The van der Waals surface area contributed by atoms with Crippen molar-refractivity contribution < 1.29 is 41.0 Å². The number of aliphatic imine (C=N–C) groups is 1.